The predicted molar refractivity (Wildman–Crippen MR) is 191 cm³/mol. The molecule has 0 unspecified atom stereocenters. The van der Waals surface area contributed by atoms with Crippen molar-refractivity contribution < 1.29 is 50.2 Å². The summed E-state index contributed by atoms with van der Waals surface area (Å²) in [6.45, 7) is 6.07. The average Bonchev–Trinajstić information content (AvgIpc) is 3.08. The van der Waals surface area contributed by atoms with Crippen molar-refractivity contribution in [3.8, 4) is 0 Å². The van der Waals surface area contributed by atoms with Gasteiger partial charge in [0.1, 0.15) is 0 Å². The van der Waals surface area contributed by atoms with Crippen LogP contribution in [0.1, 0.15) is 36.1 Å². The Hall–Kier alpha value is -3.59. The van der Waals surface area contributed by atoms with E-state index < -0.39 is 41.7 Å². The van der Waals surface area contributed by atoms with Gasteiger partial charge in [-0.25, -0.2) is 0 Å². The number of halogens is 2. The van der Waals surface area contributed by atoms with Gasteiger partial charge in [0.05, 0.1) is 4.90 Å². The molecule has 5 rings (SSSR count). The molecule has 256 valence electrons. The van der Waals surface area contributed by atoms with Crippen LogP contribution in [0.25, 0.3) is 5.57 Å². The van der Waals surface area contributed by atoms with Crippen LogP contribution < -0.4 is 26.4 Å². The van der Waals surface area contributed by atoms with Crippen LogP contribution in [0.4, 0.5) is 5.69 Å². The minimum absolute atomic E-state index is 0.0913. The van der Waals surface area contributed by atoms with E-state index in [1.807, 2.05) is 55.5 Å². The Bertz CT molecular complexity index is 2180. The normalized spacial score (nSPS) is 13.2. The molecule has 8 nitrogen and oxygen atoms in total. The van der Waals surface area contributed by atoms with Crippen molar-refractivity contribution in [2.24, 2.45) is 0 Å². The first-order chi connectivity index (χ1) is 23.4. The molecule has 0 aromatic heterocycles. The van der Waals surface area contributed by atoms with Crippen molar-refractivity contribution >= 4 is 48.8 Å². The molecule has 0 aliphatic heterocycles. The SMILES string of the molecule is CCN(Cc1cccc(S(=O)(=O)O)c1)c1ccc(C(=C2C=CC(=[N+](CC)[I-]Cc3cccc(S(=O)(=O)O)c3)C=C2)c2cccc(Cl)c2)cc1. The van der Waals surface area contributed by atoms with Crippen LogP contribution >= 0.6 is 11.6 Å². The fourth-order valence-electron chi connectivity index (χ4n) is 5.45. The molecule has 0 fully saturated rings. The monoisotopic (exact) mass is 830 g/mol. The molecule has 4 aromatic rings. The van der Waals surface area contributed by atoms with Gasteiger partial charge in [0.25, 0.3) is 10.1 Å². The third-order valence-electron chi connectivity index (χ3n) is 7.85. The van der Waals surface area contributed by atoms with Gasteiger partial charge in [0.2, 0.25) is 0 Å². The number of nitrogens with zero attached hydrogens (tertiary/aromatic N) is 2. The molecule has 1 aliphatic rings. The molecular weight excluding hydrogens is 795 g/mol. The second-order valence-corrected chi connectivity index (χ2v) is 17.1. The van der Waals surface area contributed by atoms with E-state index in [9.17, 15) is 25.9 Å². The van der Waals surface area contributed by atoms with Gasteiger partial charge in [0.15, 0.2) is 0 Å². The van der Waals surface area contributed by atoms with Crippen molar-refractivity contribution in [1.29, 1.82) is 0 Å². The Labute approximate surface area is 303 Å². The molecule has 0 spiro atoms. The zero-order chi connectivity index (χ0) is 35.2. The third kappa shape index (κ3) is 9.56. The summed E-state index contributed by atoms with van der Waals surface area (Å²) in [5, 5.41) is 0.632. The van der Waals surface area contributed by atoms with Gasteiger partial charge < -0.3 is 0 Å². The van der Waals surface area contributed by atoms with E-state index in [1.54, 1.807) is 12.1 Å². The van der Waals surface area contributed by atoms with Crippen molar-refractivity contribution in [3.63, 3.8) is 0 Å². The Balaban J connectivity index is 1.43. The second kappa shape index (κ2) is 16.0. The standard InChI is InChI=1S/C37H36ClIN2O6S2/c1-3-40(26-28-9-6-13-36(23-28)49(45,46)47)33-18-14-29(15-19-33)37(31-10-7-11-32(38)24-31)30-16-20-34(21-17-30)41(4-2)39-25-27-8-5-12-35(22-27)48(42,43)44/h5-24H,3-4,25-26H2,1-2H3,(H,42,43,44)(H,45,46,47). The minimum atomic E-state index is -4.29. The molecule has 0 bridgehead atoms. The number of alkyl halides is 1. The Kier molecular flexibility index (Phi) is 11.9. The maximum atomic E-state index is 11.7. The Morgan fingerprint density at radius 2 is 1.33 bits per heavy atom. The quantitative estimate of drug-likeness (QED) is 0.0939. The van der Waals surface area contributed by atoms with E-state index >= 15 is 0 Å². The van der Waals surface area contributed by atoms with Crippen LogP contribution in [0.2, 0.25) is 5.02 Å². The molecule has 0 saturated heterocycles. The molecule has 2 N–H and O–H groups in total. The fourth-order valence-corrected chi connectivity index (χ4v) is 9.22. The number of benzene rings is 4. The summed E-state index contributed by atoms with van der Waals surface area (Å²) < 4.78 is 68.5. The molecule has 0 heterocycles. The molecule has 0 amide bonds. The van der Waals surface area contributed by atoms with Gasteiger partial charge in [-0.1, -0.05) is 12.1 Å². The first kappa shape index (κ1) is 36.7. The van der Waals surface area contributed by atoms with E-state index in [0.717, 1.165) is 51.3 Å². The summed E-state index contributed by atoms with van der Waals surface area (Å²) in [5.74, 6) is 0. The summed E-state index contributed by atoms with van der Waals surface area (Å²) in [5.41, 5.74) is 7.68. The Morgan fingerprint density at radius 1 is 0.735 bits per heavy atom. The number of hydrogen-bond donors (Lipinski definition) is 2. The molecule has 4 aromatic carbocycles. The molecular formula is C37H36ClIN2O6S2. The van der Waals surface area contributed by atoms with E-state index in [2.05, 4.69) is 51.0 Å². The summed E-state index contributed by atoms with van der Waals surface area (Å²) in [6, 6.07) is 28.8. The van der Waals surface area contributed by atoms with Gasteiger partial charge in [-0.2, -0.15) is 8.42 Å². The maximum absolute atomic E-state index is 11.7. The molecule has 0 atom stereocenters. The van der Waals surface area contributed by atoms with E-state index in [4.69, 9.17) is 11.6 Å². The van der Waals surface area contributed by atoms with Crippen LogP contribution in [0.15, 0.2) is 137 Å². The van der Waals surface area contributed by atoms with Crippen molar-refractivity contribution in [2.75, 3.05) is 18.0 Å². The van der Waals surface area contributed by atoms with Crippen molar-refractivity contribution in [1.82, 2.24) is 0 Å². The first-order valence-corrected chi connectivity index (χ1v) is 21.2. The van der Waals surface area contributed by atoms with Gasteiger partial charge >= 0.3 is 241 Å². The van der Waals surface area contributed by atoms with Crippen LogP contribution in [0, 0.1) is 0 Å². The van der Waals surface area contributed by atoms with Crippen LogP contribution in [-0.2, 0) is 31.2 Å². The first-order valence-electron chi connectivity index (χ1n) is 15.4. The Morgan fingerprint density at radius 3 is 1.90 bits per heavy atom. The second-order valence-electron chi connectivity index (χ2n) is 11.2. The van der Waals surface area contributed by atoms with E-state index in [0.29, 0.717) is 22.5 Å². The molecule has 49 heavy (non-hydrogen) atoms. The molecule has 1 aliphatic carbocycles. The van der Waals surface area contributed by atoms with E-state index in [-0.39, 0.29) is 9.79 Å². The number of allylic oxidation sites excluding steroid dienone is 5. The molecule has 0 radical (unpaired) electrons. The van der Waals surface area contributed by atoms with Crippen LogP contribution in [0.3, 0.4) is 0 Å². The zero-order valence-corrected chi connectivity index (χ0v) is 31.4. The molecule has 12 heteroatoms. The van der Waals surface area contributed by atoms with Crippen LogP contribution in [-0.4, -0.2) is 47.5 Å². The topological polar surface area (TPSA) is 115 Å². The summed E-state index contributed by atoms with van der Waals surface area (Å²) in [6.07, 6.45) is 8.41. The average molecular weight is 831 g/mol. The van der Waals surface area contributed by atoms with Gasteiger partial charge in [-0.05, 0) is 24.6 Å². The number of anilines is 1. The number of hydrogen-bond acceptors (Lipinski definition) is 5. The summed E-state index contributed by atoms with van der Waals surface area (Å²) >= 11 is 5.93. The summed E-state index contributed by atoms with van der Waals surface area (Å²) in [7, 11) is -8.54. The summed E-state index contributed by atoms with van der Waals surface area (Å²) in [4.78, 5) is 1.91. The zero-order valence-electron chi connectivity index (χ0n) is 26.9. The van der Waals surface area contributed by atoms with Gasteiger partial charge in [-0.3, -0.25) is 4.55 Å². The van der Waals surface area contributed by atoms with Gasteiger partial charge in [-0.15, -0.1) is 0 Å². The van der Waals surface area contributed by atoms with Crippen molar-refractivity contribution in [3.05, 3.63) is 154 Å². The van der Waals surface area contributed by atoms with E-state index in [1.165, 1.54) is 24.3 Å². The van der Waals surface area contributed by atoms with Crippen LogP contribution in [0.5, 0.6) is 0 Å². The number of rotatable bonds is 12. The predicted octanol–water partition coefficient (Wildman–Crippen LogP) is 4.47. The fraction of sp³-hybridized carbons (Fsp3) is 0.162. The van der Waals surface area contributed by atoms with Gasteiger partial charge in [0, 0.05) is 0 Å². The molecule has 0 saturated carbocycles. The third-order valence-corrected chi connectivity index (χ3v) is 13.1. The van der Waals surface area contributed by atoms with Crippen molar-refractivity contribution in [2.45, 2.75) is 34.6 Å².